The van der Waals surface area contributed by atoms with Gasteiger partial charge >= 0.3 is 0 Å². The van der Waals surface area contributed by atoms with Gasteiger partial charge in [-0.15, -0.1) is 0 Å². The fraction of sp³-hybridized carbons (Fsp3) is 0.190. The minimum absolute atomic E-state index is 0.00344. The Morgan fingerprint density at radius 2 is 1.93 bits per heavy atom. The van der Waals surface area contributed by atoms with Crippen molar-refractivity contribution in [1.29, 1.82) is 0 Å². The number of amides is 2. The van der Waals surface area contributed by atoms with E-state index in [4.69, 9.17) is 12.2 Å². The van der Waals surface area contributed by atoms with E-state index >= 15 is 0 Å². The quantitative estimate of drug-likeness (QED) is 0.525. The fourth-order valence-corrected chi connectivity index (χ4v) is 4.03. The fourth-order valence-electron chi connectivity index (χ4n) is 2.79. The van der Waals surface area contributed by atoms with Gasteiger partial charge in [0.15, 0.2) is 0 Å². The largest absolute Gasteiger partial charge is 0.508 e. The van der Waals surface area contributed by atoms with Crippen LogP contribution < -0.4 is 0 Å². The maximum Gasteiger partial charge on any atom is 0.266 e. The summed E-state index contributed by atoms with van der Waals surface area (Å²) in [5.41, 5.74) is 0.810. The van der Waals surface area contributed by atoms with Crippen molar-refractivity contribution in [2.24, 2.45) is 0 Å². The summed E-state index contributed by atoms with van der Waals surface area (Å²) in [6.45, 7) is -0.276. The van der Waals surface area contributed by atoms with Crippen LogP contribution in [0.5, 0.6) is 5.75 Å². The van der Waals surface area contributed by atoms with Gasteiger partial charge in [0.05, 0.1) is 17.6 Å². The van der Waals surface area contributed by atoms with E-state index in [0.29, 0.717) is 5.56 Å². The standard InChI is InChI=1S/C21H19FN2O4S2/c1-23(11-17(26)13-6-8-15(25)9-7-13)19(27)12-24-20(28)18(30-21(24)29)10-14-4-2-3-5-16(14)22/h2-10,17,25-26H,11-12H2,1H3. The molecule has 3 rings (SSSR count). The molecule has 2 N–H and O–H groups in total. The number of halogens is 1. The molecule has 1 aliphatic heterocycles. The van der Waals surface area contributed by atoms with Crippen molar-refractivity contribution in [2.45, 2.75) is 6.10 Å². The molecule has 2 amide bonds. The summed E-state index contributed by atoms with van der Waals surface area (Å²) in [6.07, 6.45) is 0.462. The van der Waals surface area contributed by atoms with E-state index in [-0.39, 0.29) is 33.6 Å². The lowest BCUT2D eigenvalue weighted by atomic mass is 10.1. The van der Waals surface area contributed by atoms with Crippen LogP contribution >= 0.6 is 24.0 Å². The Bertz CT molecular complexity index is 1010. The number of carbonyl (C=O) groups excluding carboxylic acids is 2. The van der Waals surface area contributed by atoms with Crippen LogP contribution in [0.15, 0.2) is 53.4 Å². The third-order valence-corrected chi connectivity index (χ3v) is 5.89. The Morgan fingerprint density at radius 3 is 2.60 bits per heavy atom. The zero-order chi connectivity index (χ0) is 21.8. The molecule has 0 aliphatic carbocycles. The summed E-state index contributed by atoms with van der Waals surface area (Å²) >= 11 is 6.22. The van der Waals surface area contributed by atoms with Crippen molar-refractivity contribution < 1.29 is 24.2 Å². The van der Waals surface area contributed by atoms with Gasteiger partial charge in [0.1, 0.15) is 22.4 Å². The number of hydrogen-bond donors (Lipinski definition) is 2. The molecular weight excluding hydrogens is 427 g/mol. The second kappa shape index (κ2) is 9.38. The molecule has 0 saturated carbocycles. The van der Waals surface area contributed by atoms with Gasteiger partial charge in [0.2, 0.25) is 5.91 Å². The second-order valence-electron chi connectivity index (χ2n) is 6.67. The van der Waals surface area contributed by atoms with Crippen LogP contribution in [0, 0.1) is 5.82 Å². The molecule has 30 heavy (non-hydrogen) atoms. The van der Waals surface area contributed by atoms with Crippen molar-refractivity contribution in [3.63, 3.8) is 0 Å². The van der Waals surface area contributed by atoms with E-state index < -0.39 is 23.7 Å². The highest BCUT2D eigenvalue weighted by Gasteiger charge is 2.34. The highest BCUT2D eigenvalue weighted by Crippen LogP contribution is 2.33. The topological polar surface area (TPSA) is 81.1 Å². The van der Waals surface area contributed by atoms with Gasteiger partial charge in [-0.25, -0.2) is 4.39 Å². The summed E-state index contributed by atoms with van der Waals surface area (Å²) in [5.74, 6) is -1.25. The number of aliphatic hydroxyl groups excluding tert-OH is 1. The molecule has 2 aromatic carbocycles. The van der Waals surface area contributed by atoms with E-state index in [0.717, 1.165) is 11.8 Å². The minimum Gasteiger partial charge on any atom is -0.508 e. The Labute approximate surface area is 182 Å². The Kier molecular flexibility index (Phi) is 6.86. The number of aliphatic hydroxyl groups is 1. The molecule has 1 saturated heterocycles. The number of thioether (sulfide) groups is 1. The molecule has 156 valence electrons. The van der Waals surface area contributed by atoms with Crippen molar-refractivity contribution >= 4 is 46.2 Å². The van der Waals surface area contributed by atoms with Crippen LogP contribution in [-0.2, 0) is 9.59 Å². The molecule has 9 heteroatoms. The first-order chi connectivity index (χ1) is 14.3. The highest BCUT2D eigenvalue weighted by atomic mass is 32.2. The summed E-state index contributed by atoms with van der Waals surface area (Å²) in [7, 11) is 1.51. The molecular formula is C21H19FN2O4S2. The molecule has 0 radical (unpaired) electrons. The third-order valence-electron chi connectivity index (χ3n) is 4.51. The number of hydrogen-bond acceptors (Lipinski definition) is 6. The third kappa shape index (κ3) is 5.05. The molecule has 0 bridgehead atoms. The van der Waals surface area contributed by atoms with E-state index in [1.54, 1.807) is 30.3 Å². The molecule has 1 aliphatic rings. The van der Waals surface area contributed by atoms with Crippen LogP contribution in [0.25, 0.3) is 6.08 Å². The van der Waals surface area contributed by atoms with E-state index in [2.05, 4.69) is 0 Å². The Hall–Kier alpha value is -2.75. The van der Waals surface area contributed by atoms with Crippen LogP contribution in [0.2, 0.25) is 0 Å². The summed E-state index contributed by atoms with van der Waals surface area (Å²) in [6, 6.07) is 12.1. The second-order valence-corrected chi connectivity index (χ2v) is 8.35. The average Bonchev–Trinajstić information content (AvgIpc) is 2.97. The predicted molar refractivity (Wildman–Crippen MR) is 117 cm³/mol. The smallest absolute Gasteiger partial charge is 0.266 e. The number of carbonyl (C=O) groups is 2. The Morgan fingerprint density at radius 1 is 1.27 bits per heavy atom. The lowest BCUT2D eigenvalue weighted by molar-refractivity contribution is -0.135. The van der Waals surface area contributed by atoms with Gasteiger partial charge in [-0.3, -0.25) is 14.5 Å². The molecule has 6 nitrogen and oxygen atoms in total. The first-order valence-corrected chi connectivity index (χ1v) is 10.2. The number of thiocarbonyl (C=S) groups is 1. The highest BCUT2D eigenvalue weighted by molar-refractivity contribution is 8.26. The summed E-state index contributed by atoms with van der Waals surface area (Å²) < 4.78 is 14.1. The van der Waals surface area contributed by atoms with E-state index in [9.17, 15) is 24.2 Å². The van der Waals surface area contributed by atoms with Gasteiger partial charge in [0, 0.05) is 12.6 Å². The maximum absolute atomic E-state index is 13.9. The number of rotatable bonds is 6. The summed E-state index contributed by atoms with van der Waals surface area (Å²) in [4.78, 5) is 27.9. The number of likely N-dealkylation sites (N-methyl/N-ethyl adjacent to an activating group) is 1. The van der Waals surface area contributed by atoms with Crippen LogP contribution in [0.1, 0.15) is 17.2 Å². The number of benzene rings is 2. The van der Waals surface area contributed by atoms with Gasteiger partial charge in [-0.1, -0.05) is 54.3 Å². The van der Waals surface area contributed by atoms with Gasteiger partial charge in [-0.05, 0) is 29.8 Å². The van der Waals surface area contributed by atoms with Crippen molar-refractivity contribution in [2.75, 3.05) is 20.1 Å². The summed E-state index contributed by atoms with van der Waals surface area (Å²) in [5, 5.41) is 19.6. The molecule has 1 atom stereocenters. The number of phenolic OH excluding ortho intramolecular Hbond substituents is 1. The number of aromatic hydroxyl groups is 1. The molecule has 1 fully saturated rings. The van der Waals surface area contributed by atoms with Crippen LogP contribution in [0.4, 0.5) is 4.39 Å². The first-order valence-electron chi connectivity index (χ1n) is 8.97. The zero-order valence-corrected chi connectivity index (χ0v) is 17.6. The predicted octanol–water partition coefficient (Wildman–Crippen LogP) is 2.92. The van der Waals surface area contributed by atoms with E-state index in [1.165, 1.54) is 41.1 Å². The minimum atomic E-state index is -0.952. The van der Waals surface area contributed by atoms with Gasteiger partial charge < -0.3 is 15.1 Å². The van der Waals surface area contributed by atoms with Crippen molar-refractivity contribution in [3.05, 3.63) is 70.4 Å². The van der Waals surface area contributed by atoms with Crippen LogP contribution in [0.3, 0.4) is 0 Å². The normalized spacial score (nSPS) is 16.2. The zero-order valence-electron chi connectivity index (χ0n) is 16.0. The molecule has 1 unspecified atom stereocenters. The monoisotopic (exact) mass is 446 g/mol. The maximum atomic E-state index is 13.9. The van der Waals surface area contributed by atoms with Crippen molar-refractivity contribution in [3.8, 4) is 5.75 Å². The number of phenols is 1. The lowest BCUT2D eigenvalue weighted by Gasteiger charge is -2.23. The van der Waals surface area contributed by atoms with E-state index in [1.807, 2.05) is 0 Å². The Balaban J connectivity index is 1.64. The SMILES string of the molecule is CN(CC(O)c1ccc(O)cc1)C(=O)CN1C(=O)C(=Cc2ccccc2F)SC1=S. The molecule has 2 aromatic rings. The molecule has 0 aromatic heterocycles. The molecule has 1 heterocycles. The average molecular weight is 447 g/mol. The first kappa shape index (κ1) is 21.9. The van der Waals surface area contributed by atoms with Gasteiger partial charge in [0.25, 0.3) is 5.91 Å². The van der Waals surface area contributed by atoms with Crippen LogP contribution in [-0.4, -0.2) is 56.3 Å². The number of nitrogens with zero attached hydrogens (tertiary/aromatic N) is 2. The lowest BCUT2D eigenvalue weighted by Crippen LogP contribution is -2.41. The van der Waals surface area contributed by atoms with Gasteiger partial charge in [-0.2, -0.15) is 0 Å². The van der Waals surface area contributed by atoms with Crippen molar-refractivity contribution in [1.82, 2.24) is 9.80 Å². The molecule has 0 spiro atoms.